The van der Waals surface area contributed by atoms with E-state index in [1.54, 1.807) is 9.80 Å². The van der Waals surface area contributed by atoms with E-state index in [9.17, 15) is 14.4 Å². The molecule has 0 spiro atoms. The molecule has 0 bridgehead atoms. The van der Waals surface area contributed by atoms with Crippen LogP contribution in [0.25, 0.3) is 0 Å². The zero-order valence-corrected chi connectivity index (χ0v) is 13.4. The molecule has 22 heavy (non-hydrogen) atoms. The van der Waals surface area contributed by atoms with E-state index in [1.807, 2.05) is 19.2 Å². The molecule has 3 amide bonds. The second-order valence-corrected chi connectivity index (χ2v) is 6.66. The Labute approximate surface area is 132 Å². The Hall–Kier alpha value is -1.96. The van der Waals surface area contributed by atoms with Gasteiger partial charge >= 0.3 is 0 Å². The van der Waals surface area contributed by atoms with Crippen molar-refractivity contribution in [3.8, 4) is 0 Å². The van der Waals surface area contributed by atoms with E-state index in [2.05, 4.69) is 10.3 Å². The maximum atomic E-state index is 12.5. The number of piperazine rings is 2. The van der Waals surface area contributed by atoms with Crippen LogP contribution in [0.1, 0.15) is 35.3 Å². The number of aromatic nitrogens is 1. The van der Waals surface area contributed by atoms with Gasteiger partial charge in [0, 0.05) is 18.5 Å². The number of amides is 3. The number of carbonyl (C=O) groups is 3. The van der Waals surface area contributed by atoms with Crippen molar-refractivity contribution in [2.45, 2.75) is 25.8 Å². The van der Waals surface area contributed by atoms with Crippen molar-refractivity contribution in [3.63, 3.8) is 0 Å². The lowest BCUT2D eigenvalue weighted by Crippen LogP contribution is -2.66. The predicted molar refractivity (Wildman–Crippen MR) is 80.6 cm³/mol. The Bertz CT molecular complexity index is 627. The number of rotatable bonds is 2. The molecule has 3 heterocycles. The van der Waals surface area contributed by atoms with Crippen LogP contribution in [-0.2, 0) is 9.59 Å². The van der Waals surface area contributed by atoms with Crippen LogP contribution in [0.5, 0.6) is 0 Å². The zero-order chi connectivity index (χ0) is 15.9. The number of carbonyl (C=O) groups excluding carboxylic acids is 3. The summed E-state index contributed by atoms with van der Waals surface area (Å²) in [4.78, 5) is 43.8. The number of nitrogens with one attached hydrogen (secondary N) is 1. The minimum atomic E-state index is -0.580. The Balaban J connectivity index is 1.74. The quantitative estimate of drug-likeness (QED) is 0.834. The highest BCUT2D eigenvalue weighted by molar-refractivity contribution is 7.11. The molecule has 118 valence electrons. The summed E-state index contributed by atoms with van der Waals surface area (Å²) in [5, 5.41) is 4.91. The monoisotopic (exact) mass is 322 g/mol. The average Bonchev–Trinajstić information content (AvgIpc) is 3.00. The lowest BCUT2D eigenvalue weighted by molar-refractivity contribution is -0.148. The Morgan fingerprint density at radius 2 is 2.18 bits per heavy atom. The highest BCUT2D eigenvalue weighted by atomic mass is 32.1. The summed E-state index contributed by atoms with van der Waals surface area (Å²) in [5.74, 6) is -0.175. The maximum absolute atomic E-state index is 12.5. The number of thiazole rings is 1. The van der Waals surface area contributed by atoms with Crippen molar-refractivity contribution in [2.75, 3.05) is 26.2 Å². The number of nitrogens with zero attached hydrogens (tertiary/aromatic N) is 3. The van der Waals surface area contributed by atoms with Gasteiger partial charge in [0.2, 0.25) is 11.8 Å². The first-order chi connectivity index (χ1) is 10.5. The van der Waals surface area contributed by atoms with Crippen LogP contribution < -0.4 is 5.32 Å². The number of fused-ring (bicyclic) bond motifs is 1. The summed E-state index contributed by atoms with van der Waals surface area (Å²) in [6.45, 7) is 5.16. The van der Waals surface area contributed by atoms with E-state index >= 15 is 0 Å². The molecule has 1 aromatic rings. The fourth-order valence-corrected chi connectivity index (χ4v) is 3.60. The molecule has 2 aliphatic rings. The molecule has 0 aliphatic carbocycles. The summed E-state index contributed by atoms with van der Waals surface area (Å²) in [6, 6.07) is -0.580. The first kappa shape index (κ1) is 15.0. The minimum absolute atomic E-state index is 0.0491. The first-order valence-electron chi connectivity index (χ1n) is 7.29. The lowest BCUT2D eigenvalue weighted by Gasteiger charge is -2.42. The second-order valence-electron chi connectivity index (χ2n) is 5.80. The van der Waals surface area contributed by atoms with Crippen molar-refractivity contribution in [3.05, 3.63) is 16.1 Å². The third kappa shape index (κ3) is 2.58. The fourth-order valence-electron chi connectivity index (χ4n) is 2.66. The minimum Gasteiger partial charge on any atom is -0.345 e. The highest BCUT2D eigenvalue weighted by Crippen LogP contribution is 2.21. The molecule has 7 nitrogen and oxygen atoms in total. The fraction of sp³-hybridized carbons (Fsp3) is 0.571. The van der Waals surface area contributed by atoms with Crippen molar-refractivity contribution in [1.29, 1.82) is 0 Å². The maximum Gasteiger partial charge on any atom is 0.282 e. The van der Waals surface area contributed by atoms with Gasteiger partial charge < -0.3 is 15.1 Å². The highest BCUT2D eigenvalue weighted by Gasteiger charge is 2.40. The molecule has 1 unspecified atom stereocenters. The van der Waals surface area contributed by atoms with Crippen molar-refractivity contribution >= 4 is 29.1 Å². The van der Waals surface area contributed by atoms with Crippen LogP contribution in [0.2, 0.25) is 0 Å². The zero-order valence-electron chi connectivity index (χ0n) is 12.5. The second kappa shape index (κ2) is 5.68. The number of hydrogen-bond donors (Lipinski definition) is 1. The van der Waals surface area contributed by atoms with Crippen LogP contribution >= 0.6 is 11.3 Å². The standard InChI is InChI=1S/C14H18N4O3S/c1-8(2)9-7-22-13(16-9)14(21)17-3-4-18-10(6-17)12(20)15-5-11(18)19/h7-8,10H,3-6H2,1-2H3,(H,15,20). The van der Waals surface area contributed by atoms with Gasteiger partial charge in [-0.3, -0.25) is 14.4 Å². The van der Waals surface area contributed by atoms with Gasteiger partial charge in [0.05, 0.1) is 18.8 Å². The molecule has 2 saturated heterocycles. The molecule has 1 atom stereocenters. The van der Waals surface area contributed by atoms with Crippen LogP contribution in [0, 0.1) is 0 Å². The van der Waals surface area contributed by atoms with E-state index < -0.39 is 6.04 Å². The Morgan fingerprint density at radius 3 is 2.86 bits per heavy atom. The summed E-state index contributed by atoms with van der Waals surface area (Å²) in [5.41, 5.74) is 0.901. The molecular formula is C14H18N4O3S. The summed E-state index contributed by atoms with van der Waals surface area (Å²) >= 11 is 1.33. The van der Waals surface area contributed by atoms with Crippen molar-refractivity contribution in [1.82, 2.24) is 20.1 Å². The van der Waals surface area contributed by atoms with Gasteiger partial charge in [-0.05, 0) is 5.92 Å². The van der Waals surface area contributed by atoms with E-state index in [-0.39, 0.29) is 36.7 Å². The molecule has 0 aromatic carbocycles. The molecule has 0 radical (unpaired) electrons. The summed E-state index contributed by atoms with van der Waals surface area (Å²) in [6.07, 6.45) is 0. The lowest BCUT2D eigenvalue weighted by atomic mass is 10.1. The Morgan fingerprint density at radius 1 is 1.41 bits per heavy atom. The van der Waals surface area contributed by atoms with Crippen LogP contribution in [0.4, 0.5) is 0 Å². The van der Waals surface area contributed by atoms with Crippen LogP contribution in [0.3, 0.4) is 0 Å². The van der Waals surface area contributed by atoms with Gasteiger partial charge in [-0.1, -0.05) is 13.8 Å². The summed E-state index contributed by atoms with van der Waals surface area (Å²) in [7, 11) is 0. The molecule has 2 aliphatic heterocycles. The van der Waals surface area contributed by atoms with Gasteiger partial charge in [0.25, 0.3) is 5.91 Å². The molecular weight excluding hydrogens is 304 g/mol. The molecule has 1 aromatic heterocycles. The van der Waals surface area contributed by atoms with Gasteiger partial charge in [-0.15, -0.1) is 11.3 Å². The van der Waals surface area contributed by atoms with E-state index in [0.29, 0.717) is 18.1 Å². The van der Waals surface area contributed by atoms with Gasteiger partial charge in [-0.25, -0.2) is 4.98 Å². The van der Waals surface area contributed by atoms with Gasteiger partial charge in [-0.2, -0.15) is 0 Å². The molecule has 2 fully saturated rings. The van der Waals surface area contributed by atoms with E-state index in [4.69, 9.17) is 0 Å². The SMILES string of the molecule is CC(C)c1csc(C(=O)N2CCN3C(=O)CNC(=O)C3C2)n1. The summed E-state index contributed by atoms with van der Waals surface area (Å²) < 4.78 is 0. The molecule has 0 saturated carbocycles. The predicted octanol–water partition coefficient (Wildman–Crippen LogP) is 0.0493. The molecule has 8 heteroatoms. The average molecular weight is 322 g/mol. The van der Waals surface area contributed by atoms with E-state index in [1.165, 1.54) is 11.3 Å². The van der Waals surface area contributed by atoms with Crippen molar-refractivity contribution < 1.29 is 14.4 Å². The largest absolute Gasteiger partial charge is 0.345 e. The van der Waals surface area contributed by atoms with Gasteiger partial charge in [0.15, 0.2) is 5.01 Å². The number of hydrogen-bond acceptors (Lipinski definition) is 5. The molecule has 1 N–H and O–H groups in total. The normalized spacial score (nSPS) is 21.9. The van der Waals surface area contributed by atoms with Crippen molar-refractivity contribution in [2.24, 2.45) is 0 Å². The third-order valence-electron chi connectivity index (χ3n) is 4.00. The topological polar surface area (TPSA) is 82.6 Å². The van der Waals surface area contributed by atoms with Gasteiger partial charge in [0.1, 0.15) is 6.04 Å². The van der Waals surface area contributed by atoms with Crippen LogP contribution in [0.15, 0.2) is 5.38 Å². The first-order valence-corrected chi connectivity index (χ1v) is 8.17. The van der Waals surface area contributed by atoms with Crippen LogP contribution in [-0.4, -0.2) is 64.7 Å². The van der Waals surface area contributed by atoms with E-state index in [0.717, 1.165) is 5.69 Å². The smallest absolute Gasteiger partial charge is 0.282 e. The third-order valence-corrected chi connectivity index (χ3v) is 4.85. The molecule has 3 rings (SSSR count). The Kier molecular flexibility index (Phi) is 3.86.